The average molecular weight is 392 g/mol. The first-order chi connectivity index (χ1) is 13.9. The first kappa shape index (κ1) is 20.1. The van der Waals surface area contributed by atoms with Crippen LogP contribution >= 0.6 is 0 Å². The zero-order valence-corrected chi connectivity index (χ0v) is 16.7. The Balaban J connectivity index is 1.67. The van der Waals surface area contributed by atoms with Gasteiger partial charge in [-0.1, -0.05) is 30.3 Å². The largest absolute Gasteiger partial charge is 0.378 e. The third-order valence-corrected chi connectivity index (χ3v) is 4.79. The molecule has 0 aromatic heterocycles. The molecule has 2 aromatic rings. The second kappa shape index (κ2) is 8.60. The summed E-state index contributed by atoms with van der Waals surface area (Å²) in [4.78, 5) is 40.3. The molecule has 3 rings (SSSR count). The third-order valence-electron chi connectivity index (χ3n) is 4.79. The summed E-state index contributed by atoms with van der Waals surface area (Å²) in [5.74, 6) is -0.948. The molecular formula is C22H24N4O3. The molecule has 0 bridgehead atoms. The highest BCUT2D eigenvalue weighted by Crippen LogP contribution is 2.32. The number of benzene rings is 2. The smallest absolute Gasteiger partial charge is 0.269 e. The van der Waals surface area contributed by atoms with E-state index in [1.807, 2.05) is 55.4 Å². The van der Waals surface area contributed by atoms with Gasteiger partial charge in [0.15, 0.2) is 0 Å². The molecule has 0 fully saturated rings. The third kappa shape index (κ3) is 4.63. The van der Waals surface area contributed by atoms with Gasteiger partial charge < -0.3 is 9.80 Å². The van der Waals surface area contributed by atoms with E-state index in [1.54, 1.807) is 24.4 Å². The van der Waals surface area contributed by atoms with E-state index in [4.69, 9.17) is 0 Å². The van der Waals surface area contributed by atoms with Crippen LogP contribution in [-0.2, 0) is 9.59 Å². The van der Waals surface area contributed by atoms with Crippen LogP contribution in [0.2, 0.25) is 0 Å². The molecule has 150 valence electrons. The van der Waals surface area contributed by atoms with E-state index in [9.17, 15) is 14.4 Å². The van der Waals surface area contributed by atoms with Crippen molar-refractivity contribution in [1.82, 2.24) is 15.8 Å². The highest BCUT2D eigenvalue weighted by atomic mass is 16.2. The van der Waals surface area contributed by atoms with Crippen molar-refractivity contribution in [2.24, 2.45) is 0 Å². The van der Waals surface area contributed by atoms with Crippen LogP contribution in [-0.4, -0.2) is 36.7 Å². The molecule has 0 saturated heterocycles. The number of hydrazine groups is 1. The highest BCUT2D eigenvalue weighted by molar-refractivity contribution is 5.96. The van der Waals surface area contributed by atoms with Crippen LogP contribution in [0.1, 0.15) is 40.9 Å². The summed E-state index contributed by atoms with van der Waals surface area (Å²) in [5.41, 5.74) is 8.08. The topological polar surface area (TPSA) is 81.8 Å². The van der Waals surface area contributed by atoms with Gasteiger partial charge in [0.1, 0.15) is 0 Å². The molecule has 0 radical (unpaired) electrons. The fourth-order valence-corrected chi connectivity index (χ4v) is 3.26. The number of carbonyl (C=O) groups is 3. The van der Waals surface area contributed by atoms with Gasteiger partial charge in [-0.15, -0.1) is 0 Å². The normalized spacial score (nSPS) is 14.7. The van der Waals surface area contributed by atoms with Gasteiger partial charge in [-0.3, -0.25) is 25.2 Å². The molecule has 1 aliphatic rings. The lowest BCUT2D eigenvalue weighted by molar-refractivity contribution is -0.130. The minimum absolute atomic E-state index is 0.0267. The quantitative estimate of drug-likeness (QED) is 0.784. The number of fused-ring (bicyclic) bond motifs is 1. The standard InChI is InChI=1S/C22H24N4O3/c1-15(27)26-12-11-16-7-4-5-10-19(16)20(26)14-21(28)23-24-22(29)17-8-6-9-18(13-17)25(2)3/h4-13,20H,14H2,1-3H3,(H,23,28)(H,24,29). The van der Waals surface area contributed by atoms with E-state index in [2.05, 4.69) is 10.9 Å². The van der Waals surface area contributed by atoms with Gasteiger partial charge in [0, 0.05) is 38.5 Å². The van der Waals surface area contributed by atoms with E-state index >= 15 is 0 Å². The maximum absolute atomic E-state index is 12.5. The molecular weight excluding hydrogens is 368 g/mol. The van der Waals surface area contributed by atoms with Crippen LogP contribution in [0.5, 0.6) is 0 Å². The predicted molar refractivity (Wildman–Crippen MR) is 112 cm³/mol. The molecule has 2 aromatic carbocycles. The molecule has 2 N–H and O–H groups in total. The molecule has 1 unspecified atom stereocenters. The molecule has 29 heavy (non-hydrogen) atoms. The minimum Gasteiger partial charge on any atom is -0.378 e. The highest BCUT2D eigenvalue weighted by Gasteiger charge is 2.28. The lowest BCUT2D eigenvalue weighted by Gasteiger charge is -2.32. The summed E-state index contributed by atoms with van der Waals surface area (Å²) in [6.07, 6.45) is 3.57. The van der Waals surface area contributed by atoms with Crippen molar-refractivity contribution < 1.29 is 14.4 Å². The number of hydrogen-bond donors (Lipinski definition) is 2. The van der Waals surface area contributed by atoms with Crippen molar-refractivity contribution >= 4 is 29.5 Å². The Bertz CT molecular complexity index is 968. The molecule has 1 aliphatic heterocycles. The van der Waals surface area contributed by atoms with Crippen LogP contribution in [0.25, 0.3) is 6.08 Å². The average Bonchev–Trinajstić information content (AvgIpc) is 2.72. The van der Waals surface area contributed by atoms with E-state index in [1.165, 1.54) is 11.8 Å². The van der Waals surface area contributed by atoms with Crippen molar-refractivity contribution in [3.63, 3.8) is 0 Å². The van der Waals surface area contributed by atoms with Crippen molar-refractivity contribution in [2.75, 3.05) is 19.0 Å². The zero-order chi connectivity index (χ0) is 21.0. The summed E-state index contributed by atoms with van der Waals surface area (Å²) in [5, 5.41) is 0. The first-order valence-electron chi connectivity index (χ1n) is 9.29. The number of anilines is 1. The van der Waals surface area contributed by atoms with Crippen molar-refractivity contribution in [3.05, 3.63) is 71.4 Å². The fraction of sp³-hybridized carbons (Fsp3) is 0.227. The van der Waals surface area contributed by atoms with Gasteiger partial charge >= 0.3 is 0 Å². The molecule has 1 atom stereocenters. The Kier molecular flexibility index (Phi) is 5.97. The number of carbonyl (C=O) groups excluding carboxylic acids is 3. The molecule has 7 nitrogen and oxygen atoms in total. The second-order valence-corrected chi connectivity index (χ2v) is 7.04. The second-order valence-electron chi connectivity index (χ2n) is 7.04. The van der Waals surface area contributed by atoms with E-state index < -0.39 is 11.9 Å². The lowest BCUT2D eigenvalue weighted by Crippen LogP contribution is -2.43. The molecule has 7 heteroatoms. The van der Waals surface area contributed by atoms with Gasteiger partial charge in [0.05, 0.1) is 12.5 Å². The van der Waals surface area contributed by atoms with Crippen LogP contribution in [0.3, 0.4) is 0 Å². The molecule has 0 saturated carbocycles. The van der Waals surface area contributed by atoms with Crippen LogP contribution in [0, 0.1) is 0 Å². The predicted octanol–water partition coefficient (Wildman–Crippen LogP) is 2.48. The zero-order valence-electron chi connectivity index (χ0n) is 16.7. The Morgan fingerprint density at radius 2 is 1.79 bits per heavy atom. The van der Waals surface area contributed by atoms with Crippen LogP contribution in [0.4, 0.5) is 5.69 Å². The maximum Gasteiger partial charge on any atom is 0.269 e. The summed E-state index contributed by atoms with van der Waals surface area (Å²) >= 11 is 0. The minimum atomic E-state index is -0.428. The van der Waals surface area contributed by atoms with E-state index in [0.29, 0.717) is 5.56 Å². The molecule has 3 amide bonds. The summed E-state index contributed by atoms with van der Waals surface area (Å²) in [6.45, 7) is 1.46. The van der Waals surface area contributed by atoms with E-state index in [0.717, 1.165) is 16.8 Å². The summed E-state index contributed by atoms with van der Waals surface area (Å²) in [6, 6.07) is 14.3. The summed E-state index contributed by atoms with van der Waals surface area (Å²) < 4.78 is 0. The lowest BCUT2D eigenvalue weighted by atomic mass is 9.93. The molecule has 0 spiro atoms. The van der Waals surface area contributed by atoms with Gasteiger partial charge in [0.2, 0.25) is 11.8 Å². The van der Waals surface area contributed by atoms with E-state index in [-0.39, 0.29) is 18.2 Å². The SMILES string of the molecule is CC(=O)N1C=Cc2ccccc2C1CC(=O)NNC(=O)c1cccc(N(C)C)c1. The Morgan fingerprint density at radius 1 is 1.03 bits per heavy atom. The number of nitrogens with zero attached hydrogens (tertiary/aromatic N) is 2. The van der Waals surface area contributed by atoms with Crippen LogP contribution < -0.4 is 15.8 Å². The van der Waals surface area contributed by atoms with Crippen LogP contribution in [0.15, 0.2) is 54.7 Å². The fourth-order valence-electron chi connectivity index (χ4n) is 3.26. The van der Waals surface area contributed by atoms with Gasteiger partial charge in [-0.25, -0.2) is 0 Å². The number of rotatable bonds is 4. The summed E-state index contributed by atoms with van der Waals surface area (Å²) in [7, 11) is 3.77. The number of amides is 3. The Labute approximate surface area is 170 Å². The Hall–Kier alpha value is -3.61. The van der Waals surface area contributed by atoms with Crippen molar-refractivity contribution in [2.45, 2.75) is 19.4 Å². The monoisotopic (exact) mass is 392 g/mol. The number of nitrogens with one attached hydrogen (secondary N) is 2. The van der Waals surface area contributed by atoms with Crippen molar-refractivity contribution in [1.29, 1.82) is 0 Å². The maximum atomic E-state index is 12.5. The van der Waals surface area contributed by atoms with Crippen molar-refractivity contribution in [3.8, 4) is 0 Å². The first-order valence-corrected chi connectivity index (χ1v) is 9.29. The van der Waals surface area contributed by atoms with Gasteiger partial charge in [-0.2, -0.15) is 0 Å². The van der Waals surface area contributed by atoms with Gasteiger partial charge in [0.25, 0.3) is 5.91 Å². The molecule has 1 heterocycles. The Morgan fingerprint density at radius 3 is 2.52 bits per heavy atom. The number of hydrogen-bond acceptors (Lipinski definition) is 4. The molecule has 0 aliphatic carbocycles. The van der Waals surface area contributed by atoms with Gasteiger partial charge in [-0.05, 0) is 35.4 Å².